The maximum Gasteiger partial charge on any atom is 0.128 e. The zero-order valence-corrected chi connectivity index (χ0v) is 13.0. The summed E-state index contributed by atoms with van der Waals surface area (Å²) in [5.41, 5.74) is 2.18. The fourth-order valence-corrected chi connectivity index (χ4v) is 2.92. The first-order valence-electron chi connectivity index (χ1n) is 7.68. The molecule has 0 saturated carbocycles. The van der Waals surface area contributed by atoms with Gasteiger partial charge in [0, 0.05) is 23.0 Å². The Kier molecular flexibility index (Phi) is 4.12. The number of phenolic OH excluding ortho intramolecular Hbond substituents is 1. The third-order valence-electron chi connectivity index (χ3n) is 4.20. The van der Waals surface area contributed by atoms with Gasteiger partial charge >= 0.3 is 0 Å². The first-order chi connectivity index (χ1) is 10.7. The molecule has 0 aliphatic carbocycles. The molecule has 3 aromatic carbocycles. The minimum absolute atomic E-state index is 0.0693. The zero-order chi connectivity index (χ0) is 15.5. The molecule has 0 aromatic heterocycles. The van der Waals surface area contributed by atoms with Gasteiger partial charge in [-0.25, -0.2) is 0 Å². The number of nitrogens with one attached hydrogen (secondary N) is 1. The van der Waals surface area contributed by atoms with Crippen LogP contribution in [0.5, 0.6) is 5.75 Å². The van der Waals surface area contributed by atoms with Crippen LogP contribution in [0.25, 0.3) is 10.8 Å². The smallest absolute Gasteiger partial charge is 0.128 e. The average molecular weight is 291 g/mol. The second kappa shape index (κ2) is 6.20. The minimum atomic E-state index is 0.0693. The summed E-state index contributed by atoms with van der Waals surface area (Å²) in [5, 5.41) is 16.1. The predicted molar refractivity (Wildman–Crippen MR) is 92.0 cm³/mol. The molecule has 2 nitrogen and oxygen atoms in total. The highest BCUT2D eigenvalue weighted by molar-refractivity contribution is 5.89. The molecule has 0 saturated heterocycles. The molecule has 0 aliphatic heterocycles. The molecule has 0 radical (unpaired) electrons. The maximum absolute atomic E-state index is 10.6. The van der Waals surface area contributed by atoms with Crippen LogP contribution in [0.4, 0.5) is 0 Å². The summed E-state index contributed by atoms with van der Waals surface area (Å²) in [7, 11) is 0. The Morgan fingerprint density at radius 2 is 1.45 bits per heavy atom. The molecule has 0 spiro atoms. The summed E-state index contributed by atoms with van der Waals surface area (Å²) < 4.78 is 0. The van der Waals surface area contributed by atoms with E-state index in [0.717, 1.165) is 16.3 Å². The van der Waals surface area contributed by atoms with Crippen molar-refractivity contribution >= 4 is 10.8 Å². The lowest BCUT2D eigenvalue weighted by atomic mass is 9.99. The van der Waals surface area contributed by atoms with Gasteiger partial charge < -0.3 is 10.4 Å². The van der Waals surface area contributed by atoms with E-state index in [9.17, 15) is 5.11 Å². The number of phenols is 1. The molecule has 0 heterocycles. The van der Waals surface area contributed by atoms with Gasteiger partial charge in [-0.2, -0.15) is 0 Å². The van der Waals surface area contributed by atoms with Crippen molar-refractivity contribution < 1.29 is 5.11 Å². The highest BCUT2D eigenvalue weighted by Crippen LogP contribution is 2.33. The van der Waals surface area contributed by atoms with Crippen LogP contribution in [0, 0.1) is 0 Å². The summed E-state index contributed by atoms with van der Waals surface area (Å²) in [6.07, 6.45) is 0. The third kappa shape index (κ3) is 2.83. The molecule has 3 rings (SSSR count). The molecule has 0 amide bonds. The van der Waals surface area contributed by atoms with Crippen LogP contribution in [-0.2, 0) is 0 Å². The average Bonchev–Trinajstić information content (AvgIpc) is 2.56. The lowest BCUT2D eigenvalue weighted by molar-refractivity contribution is 0.443. The van der Waals surface area contributed by atoms with Crippen LogP contribution >= 0.6 is 0 Å². The third-order valence-corrected chi connectivity index (χ3v) is 4.20. The summed E-state index contributed by atoms with van der Waals surface area (Å²) in [6.45, 7) is 4.23. The SMILES string of the molecule is CC(NC(C)c1ccc2ccccc2c1O)c1ccccc1. The molecule has 2 atom stereocenters. The Morgan fingerprint density at radius 3 is 2.23 bits per heavy atom. The van der Waals surface area contributed by atoms with Gasteiger partial charge in [-0.1, -0.05) is 66.7 Å². The van der Waals surface area contributed by atoms with E-state index in [4.69, 9.17) is 0 Å². The van der Waals surface area contributed by atoms with Crippen molar-refractivity contribution in [3.63, 3.8) is 0 Å². The number of hydrogen-bond acceptors (Lipinski definition) is 2. The van der Waals surface area contributed by atoms with Gasteiger partial charge in [0.15, 0.2) is 0 Å². The van der Waals surface area contributed by atoms with Crippen molar-refractivity contribution in [3.05, 3.63) is 77.9 Å². The quantitative estimate of drug-likeness (QED) is 0.712. The van der Waals surface area contributed by atoms with Crippen molar-refractivity contribution in [2.45, 2.75) is 25.9 Å². The topological polar surface area (TPSA) is 32.3 Å². The van der Waals surface area contributed by atoms with Gasteiger partial charge in [-0.15, -0.1) is 0 Å². The molecular weight excluding hydrogens is 270 g/mol. The number of hydrogen-bond donors (Lipinski definition) is 2. The second-order valence-corrected chi connectivity index (χ2v) is 5.75. The van der Waals surface area contributed by atoms with Crippen molar-refractivity contribution in [2.75, 3.05) is 0 Å². The Labute approximate surface area is 131 Å². The molecule has 3 aromatic rings. The summed E-state index contributed by atoms with van der Waals surface area (Å²) in [4.78, 5) is 0. The lowest BCUT2D eigenvalue weighted by Gasteiger charge is -2.22. The molecule has 0 fully saturated rings. The molecule has 2 heteroatoms. The molecule has 2 N–H and O–H groups in total. The van der Waals surface area contributed by atoms with Gasteiger partial charge in [-0.3, -0.25) is 0 Å². The zero-order valence-electron chi connectivity index (χ0n) is 13.0. The number of benzene rings is 3. The Bertz CT molecular complexity index is 767. The second-order valence-electron chi connectivity index (χ2n) is 5.75. The molecule has 22 heavy (non-hydrogen) atoms. The van der Waals surface area contributed by atoms with E-state index in [2.05, 4.69) is 37.4 Å². The normalized spacial score (nSPS) is 13.9. The molecule has 2 unspecified atom stereocenters. The van der Waals surface area contributed by atoms with Crippen LogP contribution in [0.15, 0.2) is 66.7 Å². The standard InChI is InChI=1S/C20H21NO/c1-14(16-8-4-3-5-9-16)21-15(2)18-13-12-17-10-6-7-11-19(17)20(18)22/h3-15,21-22H,1-2H3. The molecule has 112 valence electrons. The van der Waals surface area contributed by atoms with Gasteiger partial charge in [0.2, 0.25) is 0 Å². The van der Waals surface area contributed by atoms with Gasteiger partial charge in [0.25, 0.3) is 0 Å². The van der Waals surface area contributed by atoms with Gasteiger partial charge in [0.05, 0.1) is 0 Å². The van der Waals surface area contributed by atoms with Crippen molar-refractivity contribution in [1.29, 1.82) is 0 Å². The number of aromatic hydroxyl groups is 1. The number of rotatable bonds is 4. The van der Waals surface area contributed by atoms with Crippen LogP contribution in [0.2, 0.25) is 0 Å². The highest BCUT2D eigenvalue weighted by Gasteiger charge is 2.15. The highest BCUT2D eigenvalue weighted by atomic mass is 16.3. The largest absolute Gasteiger partial charge is 0.507 e. The first-order valence-corrected chi connectivity index (χ1v) is 7.68. The molecule has 0 aliphatic rings. The fraction of sp³-hybridized carbons (Fsp3) is 0.200. The first kappa shape index (κ1) is 14.6. The predicted octanol–water partition coefficient (Wildman–Crippen LogP) is 4.96. The van der Waals surface area contributed by atoms with Crippen molar-refractivity contribution in [1.82, 2.24) is 5.32 Å². The van der Waals surface area contributed by atoms with Crippen LogP contribution in [0.3, 0.4) is 0 Å². The Hall–Kier alpha value is -2.32. The van der Waals surface area contributed by atoms with Gasteiger partial charge in [-0.05, 0) is 24.8 Å². The van der Waals surface area contributed by atoms with E-state index in [-0.39, 0.29) is 12.1 Å². The summed E-state index contributed by atoms with van der Waals surface area (Å²) >= 11 is 0. The molecule has 0 bridgehead atoms. The monoisotopic (exact) mass is 291 g/mol. The van der Waals surface area contributed by atoms with E-state index in [1.807, 2.05) is 48.5 Å². The van der Waals surface area contributed by atoms with Crippen molar-refractivity contribution in [3.8, 4) is 5.75 Å². The minimum Gasteiger partial charge on any atom is -0.507 e. The van der Waals surface area contributed by atoms with Crippen molar-refractivity contribution in [2.24, 2.45) is 0 Å². The van der Waals surface area contributed by atoms with Gasteiger partial charge in [0.1, 0.15) is 5.75 Å². The Morgan fingerprint density at radius 1 is 0.773 bits per heavy atom. The summed E-state index contributed by atoms with van der Waals surface area (Å²) in [6, 6.07) is 22.6. The fourth-order valence-electron chi connectivity index (χ4n) is 2.92. The maximum atomic E-state index is 10.6. The Balaban J connectivity index is 1.86. The molecular formula is C20H21NO. The van der Waals surface area contributed by atoms with E-state index in [1.165, 1.54) is 5.56 Å². The summed E-state index contributed by atoms with van der Waals surface area (Å²) in [5.74, 6) is 0.373. The van der Waals surface area contributed by atoms with E-state index < -0.39 is 0 Å². The van der Waals surface area contributed by atoms with Crippen LogP contribution in [0.1, 0.15) is 37.1 Å². The van der Waals surface area contributed by atoms with Crippen LogP contribution in [-0.4, -0.2) is 5.11 Å². The van der Waals surface area contributed by atoms with E-state index in [0.29, 0.717) is 5.75 Å². The van der Waals surface area contributed by atoms with E-state index in [1.54, 1.807) is 0 Å². The lowest BCUT2D eigenvalue weighted by Crippen LogP contribution is -2.22. The van der Waals surface area contributed by atoms with Crippen LogP contribution < -0.4 is 5.32 Å². The number of fused-ring (bicyclic) bond motifs is 1. The van der Waals surface area contributed by atoms with E-state index >= 15 is 0 Å².